The zero-order valence-electron chi connectivity index (χ0n) is 13.2. The van der Waals surface area contributed by atoms with E-state index in [1.54, 1.807) is 17.6 Å². The third-order valence-corrected chi connectivity index (χ3v) is 4.35. The molecule has 1 aliphatic heterocycles. The molecule has 3 rings (SSSR count). The highest BCUT2D eigenvalue weighted by atomic mass is 19.1. The van der Waals surface area contributed by atoms with E-state index in [0.29, 0.717) is 13.1 Å². The fraction of sp³-hybridized carbons (Fsp3) is 0.278. The summed E-state index contributed by atoms with van der Waals surface area (Å²) in [4.78, 5) is 16.3. The van der Waals surface area contributed by atoms with Crippen molar-refractivity contribution in [2.75, 3.05) is 31.1 Å². The zero-order chi connectivity index (χ0) is 16.9. The minimum atomic E-state index is -0.522. The second-order valence-electron chi connectivity index (χ2n) is 5.79. The van der Waals surface area contributed by atoms with Crippen LogP contribution in [0.1, 0.15) is 11.6 Å². The summed E-state index contributed by atoms with van der Waals surface area (Å²) in [5.74, 6) is -0.683. The molecule has 0 bridgehead atoms. The van der Waals surface area contributed by atoms with Crippen molar-refractivity contribution < 1.29 is 14.4 Å². The first kappa shape index (κ1) is 16.4. The molecule has 6 heteroatoms. The summed E-state index contributed by atoms with van der Waals surface area (Å²) in [6.45, 7) is 2.80. The van der Waals surface area contributed by atoms with Crippen molar-refractivity contribution in [2.24, 2.45) is 0 Å². The Bertz CT molecular complexity index is 670. The standard InChI is InChI=1S/C18H20FN3O2/c19-15-6-8-16(9-7-15)21-10-12-22(13-11-21)17(18(23)20-24)14-4-2-1-3-5-14/h1-9,17,24H,10-13H2,(H,20,23). The molecule has 24 heavy (non-hydrogen) atoms. The molecule has 1 aliphatic rings. The van der Waals surface area contributed by atoms with Gasteiger partial charge in [-0.05, 0) is 29.8 Å². The predicted molar refractivity (Wildman–Crippen MR) is 89.3 cm³/mol. The number of amides is 1. The number of hydrogen-bond acceptors (Lipinski definition) is 4. The highest BCUT2D eigenvalue weighted by Gasteiger charge is 2.30. The van der Waals surface area contributed by atoms with Crippen LogP contribution < -0.4 is 10.4 Å². The van der Waals surface area contributed by atoms with Gasteiger partial charge in [-0.15, -0.1) is 0 Å². The maximum Gasteiger partial charge on any atom is 0.265 e. The van der Waals surface area contributed by atoms with Gasteiger partial charge in [0, 0.05) is 31.9 Å². The fourth-order valence-electron chi connectivity index (χ4n) is 3.11. The second-order valence-corrected chi connectivity index (χ2v) is 5.79. The number of rotatable bonds is 4. The Hall–Kier alpha value is -2.44. The number of benzene rings is 2. The predicted octanol–water partition coefficient (Wildman–Crippen LogP) is 2.19. The summed E-state index contributed by atoms with van der Waals surface area (Å²) in [5, 5.41) is 9.08. The number of anilines is 1. The molecular weight excluding hydrogens is 309 g/mol. The molecule has 1 fully saturated rings. The van der Waals surface area contributed by atoms with Gasteiger partial charge in [-0.3, -0.25) is 14.9 Å². The largest absolute Gasteiger partial charge is 0.369 e. The lowest BCUT2D eigenvalue weighted by Crippen LogP contribution is -2.50. The van der Waals surface area contributed by atoms with Crippen molar-refractivity contribution >= 4 is 11.6 Å². The third-order valence-electron chi connectivity index (χ3n) is 4.35. The Balaban J connectivity index is 1.71. The van der Waals surface area contributed by atoms with E-state index >= 15 is 0 Å². The number of hydrogen-bond donors (Lipinski definition) is 2. The molecule has 0 radical (unpaired) electrons. The van der Waals surface area contributed by atoms with Crippen molar-refractivity contribution in [3.05, 3.63) is 66.0 Å². The van der Waals surface area contributed by atoms with Crippen molar-refractivity contribution in [1.82, 2.24) is 10.4 Å². The van der Waals surface area contributed by atoms with Crippen LogP contribution in [0.15, 0.2) is 54.6 Å². The maximum absolute atomic E-state index is 13.0. The van der Waals surface area contributed by atoms with E-state index in [1.807, 2.05) is 35.2 Å². The third kappa shape index (κ3) is 3.55. The first-order valence-corrected chi connectivity index (χ1v) is 7.92. The van der Waals surface area contributed by atoms with E-state index in [4.69, 9.17) is 5.21 Å². The molecule has 0 spiro atoms. The summed E-state index contributed by atoms with van der Waals surface area (Å²) in [5.41, 5.74) is 3.59. The van der Waals surface area contributed by atoms with Crippen LogP contribution >= 0.6 is 0 Å². The molecule has 126 valence electrons. The van der Waals surface area contributed by atoms with Crippen molar-refractivity contribution in [3.63, 3.8) is 0 Å². The molecule has 1 heterocycles. The maximum atomic E-state index is 13.0. The summed E-state index contributed by atoms with van der Waals surface area (Å²) < 4.78 is 13.0. The molecule has 0 aliphatic carbocycles. The Morgan fingerprint density at radius 2 is 1.62 bits per heavy atom. The molecule has 0 aromatic heterocycles. The van der Waals surface area contributed by atoms with Gasteiger partial charge in [0.25, 0.3) is 5.91 Å². The normalized spacial score (nSPS) is 16.7. The van der Waals surface area contributed by atoms with E-state index < -0.39 is 11.9 Å². The number of carbonyl (C=O) groups excluding carboxylic acids is 1. The first-order valence-electron chi connectivity index (χ1n) is 7.92. The molecule has 1 saturated heterocycles. The second kappa shape index (κ2) is 7.42. The van der Waals surface area contributed by atoms with Crippen LogP contribution in [0.5, 0.6) is 0 Å². The number of nitrogens with zero attached hydrogens (tertiary/aromatic N) is 2. The van der Waals surface area contributed by atoms with Crippen LogP contribution in [0.2, 0.25) is 0 Å². The van der Waals surface area contributed by atoms with Crippen LogP contribution in [0.3, 0.4) is 0 Å². The Morgan fingerprint density at radius 1 is 1.00 bits per heavy atom. The highest BCUT2D eigenvalue weighted by molar-refractivity contribution is 5.82. The molecule has 1 unspecified atom stereocenters. The first-order chi connectivity index (χ1) is 11.7. The topological polar surface area (TPSA) is 55.8 Å². The zero-order valence-corrected chi connectivity index (χ0v) is 13.2. The van der Waals surface area contributed by atoms with E-state index in [1.165, 1.54) is 12.1 Å². The van der Waals surface area contributed by atoms with Gasteiger partial charge in [0.15, 0.2) is 0 Å². The lowest BCUT2D eigenvalue weighted by Gasteiger charge is -2.39. The average molecular weight is 329 g/mol. The van der Waals surface area contributed by atoms with E-state index in [9.17, 15) is 9.18 Å². The summed E-state index contributed by atoms with van der Waals surface area (Å²) in [6.07, 6.45) is 0. The van der Waals surface area contributed by atoms with Gasteiger partial charge in [0.05, 0.1) is 0 Å². The van der Waals surface area contributed by atoms with Crippen LogP contribution in [-0.2, 0) is 4.79 Å². The average Bonchev–Trinajstić information content (AvgIpc) is 2.64. The monoisotopic (exact) mass is 329 g/mol. The van der Waals surface area contributed by atoms with E-state index in [-0.39, 0.29) is 5.82 Å². The molecule has 1 amide bonds. The van der Waals surface area contributed by atoms with E-state index in [0.717, 1.165) is 24.3 Å². The number of piperazine rings is 1. The quantitative estimate of drug-likeness (QED) is 0.667. The van der Waals surface area contributed by atoms with Gasteiger partial charge in [-0.25, -0.2) is 9.87 Å². The lowest BCUT2D eigenvalue weighted by atomic mass is 10.0. The molecule has 1 atom stereocenters. The van der Waals surface area contributed by atoms with Crippen molar-refractivity contribution in [1.29, 1.82) is 0 Å². The fourth-order valence-corrected chi connectivity index (χ4v) is 3.11. The summed E-state index contributed by atoms with van der Waals surface area (Å²) in [6, 6.07) is 15.3. The van der Waals surface area contributed by atoms with Crippen LogP contribution in [0.25, 0.3) is 0 Å². The van der Waals surface area contributed by atoms with Gasteiger partial charge in [-0.1, -0.05) is 30.3 Å². The molecule has 2 aromatic carbocycles. The lowest BCUT2D eigenvalue weighted by molar-refractivity contribution is -0.135. The van der Waals surface area contributed by atoms with E-state index in [2.05, 4.69) is 4.90 Å². The molecule has 0 saturated carbocycles. The summed E-state index contributed by atoms with van der Waals surface area (Å²) >= 11 is 0. The Morgan fingerprint density at radius 3 is 2.21 bits per heavy atom. The molecule has 2 aromatic rings. The Labute approximate surface area is 140 Å². The molecule has 2 N–H and O–H groups in total. The van der Waals surface area contributed by atoms with Gasteiger partial charge in [0.2, 0.25) is 0 Å². The number of halogens is 1. The van der Waals surface area contributed by atoms with Gasteiger partial charge in [0.1, 0.15) is 11.9 Å². The summed E-state index contributed by atoms with van der Waals surface area (Å²) in [7, 11) is 0. The molecule has 5 nitrogen and oxygen atoms in total. The van der Waals surface area contributed by atoms with Crippen LogP contribution in [0, 0.1) is 5.82 Å². The van der Waals surface area contributed by atoms with Crippen LogP contribution in [-0.4, -0.2) is 42.2 Å². The highest BCUT2D eigenvalue weighted by Crippen LogP contribution is 2.24. The van der Waals surface area contributed by atoms with Gasteiger partial charge in [-0.2, -0.15) is 0 Å². The SMILES string of the molecule is O=C(NO)C(c1ccccc1)N1CCN(c2ccc(F)cc2)CC1. The number of nitrogens with one attached hydrogen (secondary N) is 1. The smallest absolute Gasteiger partial charge is 0.265 e. The van der Waals surface area contributed by atoms with Crippen LogP contribution in [0.4, 0.5) is 10.1 Å². The van der Waals surface area contributed by atoms with Gasteiger partial charge < -0.3 is 4.90 Å². The van der Waals surface area contributed by atoms with Crippen molar-refractivity contribution in [3.8, 4) is 0 Å². The van der Waals surface area contributed by atoms with Crippen molar-refractivity contribution in [2.45, 2.75) is 6.04 Å². The number of carbonyl (C=O) groups is 1. The number of hydroxylamine groups is 1. The Kier molecular flexibility index (Phi) is 5.08. The minimum Gasteiger partial charge on any atom is -0.369 e. The van der Waals surface area contributed by atoms with Gasteiger partial charge >= 0.3 is 0 Å². The molecular formula is C18H20FN3O2. The minimum absolute atomic E-state index is 0.249.